The van der Waals surface area contributed by atoms with Crippen LogP contribution in [-0.2, 0) is 31.3 Å². The first-order chi connectivity index (χ1) is 17.9. The number of sulfone groups is 1. The molecule has 0 fully saturated rings. The second-order valence-corrected chi connectivity index (χ2v) is 11.8. The lowest BCUT2D eigenvalue weighted by Gasteiger charge is -2.21. The molecule has 0 bridgehead atoms. The van der Waals surface area contributed by atoms with E-state index in [-0.39, 0.29) is 40.3 Å². The van der Waals surface area contributed by atoms with Gasteiger partial charge in [-0.15, -0.1) is 0 Å². The number of nitrogens with zero attached hydrogens (tertiary/aromatic N) is 4. The van der Waals surface area contributed by atoms with Crippen LogP contribution in [0.1, 0.15) is 40.4 Å². The summed E-state index contributed by atoms with van der Waals surface area (Å²) in [6, 6.07) is 7.27. The van der Waals surface area contributed by atoms with Crippen LogP contribution in [0.2, 0.25) is 0 Å². The van der Waals surface area contributed by atoms with Crippen molar-refractivity contribution in [3.63, 3.8) is 0 Å². The lowest BCUT2D eigenvalue weighted by atomic mass is 9.93. The van der Waals surface area contributed by atoms with Gasteiger partial charge in [0.25, 0.3) is 5.69 Å². The van der Waals surface area contributed by atoms with Crippen LogP contribution in [0.4, 0.5) is 5.69 Å². The van der Waals surface area contributed by atoms with E-state index in [1.807, 2.05) is 0 Å². The van der Waals surface area contributed by atoms with Gasteiger partial charge in [0.15, 0.2) is 20.5 Å². The Morgan fingerprint density at radius 3 is 2.58 bits per heavy atom. The van der Waals surface area contributed by atoms with Crippen molar-refractivity contribution >= 4 is 37.1 Å². The SMILES string of the molecule is CCn1ncc(C(=O)c2ccc3c(c2C)C(=NOC)CCS3(=O)=O)c1OS(=O)(=O)c1ccccc1[N+](=O)[O-]. The largest absolute Gasteiger partial charge is 0.399 e. The minimum absolute atomic E-state index is 0.00768. The van der Waals surface area contributed by atoms with E-state index in [1.54, 1.807) is 13.8 Å². The maximum Gasteiger partial charge on any atom is 0.347 e. The van der Waals surface area contributed by atoms with Gasteiger partial charge in [-0.05, 0) is 37.6 Å². The van der Waals surface area contributed by atoms with Crippen molar-refractivity contribution in [2.24, 2.45) is 5.16 Å². The Hall–Kier alpha value is -4.11. The van der Waals surface area contributed by atoms with Crippen LogP contribution in [0.5, 0.6) is 5.88 Å². The zero-order chi connectivity index (χ0) is 27.8. The van der Waals surface area contributed by atoms with E-state index in [0.717, 1.165) is 23.0 Å². The molecule has 4 rings (SSSR count). The zero-order valence-electron chi connectivity index (χ0n) is 20.4. The fourth-order valence-corrected chi connectivity index (χ4v) is 6.83. The number of nitro groups is 1. The maximum atomic E-state index is 13.7. The molecule has 0 spiro atoms. The maximum absolute atomic E-state index is 13.7. The molecular formula is C23H22N4O9S2. The Balaban J connectivity index is 1.84. The predicted molar refractivity (Wildman–Crippen MR) is 134 cm³/mol. The fourth-order valence-electron chi connectivity index (χ4n) is 4.17. The van der Waals surface area contributed by atoms with Crippen LogP contribution in [-0.4, -0.2) is 55.9 Å². The van der Waals surface area contributed by atoms with Gasteiger partial charge in [0.2, 0.25) is 5.88 Å². The highest BCUT2D eigenvalue weighted by Gasteiger charge is 2.34. The summed E-state index contributed by atoms with van der Waals surface area (Å²) in [5, 5.41) is 19.3. The molecule has 1 aliphatic heterocycles. The molecule has 2 heterocycles. The number of aryl methyl sites for hydroxylation is 1. The molecule has 0 radical (unpaired) electrons. The van der Waals surface area contributed by atoms with Gasteiger partial charge in [-0.25, -0.2) is 13.1 Å². The van der Waals surface area contributed by atoms with Crippen molar-refractivity contribution in [2.45, 2.75) is 36.6 Å². The van der Waals surface area contributed by atoms with Gasteiger partial charge in [-0.2, -0.15) is 13.5 Å². The number of carbonyl (C=O) groups is 1. The van der Waals surface area contributed by atoms with Gasteiger partial charge in [-0.3, -0.25) is 14.9 Å². The number of para-hydroxylation sites is 1. The average Bonchev–Trinajstić information content (AvgIpc) is 3.27. The third-order valence-electron chi connectivity index (χ3n) is 5.96. The molecule has 0 N–H and O–H groups in total. The molecule has 38 heavy (non-hydrogen) atoms. The molecule has 15 heteroatoms. The predicted octanol–water partition coefficient (Wildman–Crippen LogP) is 2.65. The Morgan fingerprint density at radius 1 is 1.21 bits per heavy atom. The van der Waals surface area contributed by atoms with Crippen LogP contribution < -0.4 is 4.18 Å². The zero-order valence-corrected chi connectivity index (χ0v) is 22.1. The van der Waals surface area contributed by atoms with E-state index < -0.39 is 47.1 Å². The van der Waals surface area contributed by atoms with Crippen molar-refractivity contribution in [1.29, 1.82) is 0 Å². The molecule has 0 aliphatic carbocycles. The van der Waals surface area contributed by atoms with Crippen molar-refractivity contribution in [1.82, 2.24) is 9.78 Å². The molecular weight excluding hydrogens is 540 g/mol. The molecule has 1 aromatic heterocycles. The van der Waals surface area contributed by atoms with Crippen molar-refractivity contribution in [2.75, 3.05) is 12.9 Å². The summed E-state index contributed by atoms with van der Waals surface area (Å²) in [5.74, 6) is -1.30. The number of ketones is 1. The van der Waals surface area contributed by atoms with E-state index in [2.05, 4.69) is 10.3 Å². The topological polar surface area (TPSA) is 177 Å². The van der Waals surface area contributed by atoms with Gasteiger partial charge < -0.3 is 9.02 Å². The average molecular weight is 563 g/mol. The molecule has 0 unspecified atom stereocenters. The second-order valence-electron chi connectivity index (χ2n) is 8.17. The normalized spacial score (nSPS) is 15.6. The van der Waals surface area contributed by atoms with Gasteiger partial charge in [0.1, 0.15) is 12.7 Å². The first-order valence-corrected chi connectivity index (χ1v) is 14.2. The summed E-state index contributed by atoms with van der Waals surface area (Å²) in [5.41, 5.74) is 0.0168. The Kier molecular flexibility index (Phi) is 7.08. The van der Waals surface area contributed by atoms with E-state index in [0.29, 0.717) is 11.3 Å². The van der Waals surface area contributed by atoms with Crippen LogP contribution >= 0.6 is 0 Å². The van der Waals surface area contributed by atoms with Crippen LogP contribution in [0.15, 0.2) is 57.5 Å². The fraction of sp³-hybridized carbons (Fsp3) is 0.261. The molecule has 0 amide bonds. The Bertz CT molecular complexity index is 1710. The van der Waals surface area contributed by atoms with E-state index in [4.69, 9.17) is 9.02 Å². The number of oxime groups is 1. The number of carbonyl (C=O) groups excluding carboxylic acids is 1. The van der Waals surface area contributed by atoms with Crippen LogP contribution in [0.25, 0.3) is 0 Å². The molecule has 2 aromatic carbocycles. The van der Waals surface area contributed by atoms with Gasteiger partial charge in [-0.1, -0.05) is 17.3 Å². The highest BCUT2D eigenvalue weighted by molar-refractivity contribution is 7.91. The number of hydrogen-bond acceptors (Lipinski definition) is 11. The number of fused-ring (bicyclic) bond motifs is 1. The highest BCUT2D eigenvalue weighted by Crippen LogP contribution is 2.34. The minimum atomic E-state index is -4.76. The summed E-state index contributed by atoms with van der Waals surface area (Å²) in [6.45, 7) is 3.29. The van der Waals surface area contributed by atoms with Gasteiger partial charge in [0.05, 0.1) is 27.5 Å². The first-order valence-electron chi connectivity index (χ1n) is 11.2. The quantitative estimate of drug-likeness (QED) is 0.172. The summed E-state index contributed by atoms with van der Waals surface area (Å²) < 4.78 is 57.9. The Labute approximate surface area is 217 Å². The minimum Gasteiger partial charge on any atom is -0.399 e. The lowest BCUT2D eigenvalue weighted by molar-refractivity contribution is -0.387. The van der Waals surface area contributed by atoms with E-state index in [9.17, 15) is 31.7 Å². The van der Waals surface area contributed by atoms with Crippen LogP contribution in [0.3, 0.4) is 0 Å². The molecule has 0 saturated heterocycles. The lowest BCUT2D eigenvalue weighted by Crippen LogP contribution is -2.24. The summed E-state index contributed by atoms with van der Waals surface area (Å²) >= 11 is 0. The van der Waals surface area contributed by atoms with Crippen molar-refractivity contribution < 1.29 is 35.6 Å². The van der Waals surface area contributed by atoms with Crippen LogP contribution in [0, 0.1) is 17.0 Å². The molecule has 0 saturated carbocycles. The Morgan fingerprint density at radius 2 is 1.92 bits per heavy atom. The summed E-state index contributed by atoms with van der Waals surface area (Å²) in [6.07, 6.45) is 1.20. The number of hydrogen-bond donors (Lipinski definition) is 0. The highest BCUT2D eigenvalue weighted by atomic mass is 32.2. The summed E-state index contributed by atoms with van der Waals surface area (Å²) in [7, 11) is -7.06. The molecule has 0 atom stereocenters. The number of rotatable bonds is 8. The second kappa shape index (κ2) is 9.98. The molecule has 13 nitrogen and oxygen atoms in total. The first kappa shape index (κ1) is 26.9. The molecule has 200 valence electrons. The molecule has 3 aromatic rings. The smallest absolute Gasteiger partial charge is 0.347 e. The number of nitro benzene ring substituents is 1. The number of benzene rings is 2. The monoisotopic (exact) mass is 562 g/mol. The third-order valence-corrected chi connectivity index (χ3v) is 8.97. The standard InChI is InChI=1S/C23H22N4O9S2/c1-4-26-23(36-38(33,34)19-8-6-5-7-18(19)27(29)30)16(13-24-26)22(28)15-9-10-20-21(14(15)2)17(25-35-3)11-12-37(20,31)32/h5-10,13H,4,11-12H2,1-3H3. The van der Waals surface area contributed by atoms with Crippen molar-refractivity contribution in [3.05, 3.63) is 75.0 Å². The number of aromatic nitrogens is 2. The van der Waals surface area contributed by atoms with E-state index >= 15 is 0 Å². The molecule has 1 aliphatic rings. The van der Waals surface area contributed by atoms with Gasteiger partial charge >= 0.3 is 10.1 Å². The summed E-state index contributed by atoms with van der Waals surface area (Å²) in [4.78, 5) is 28.4. The third kappa shape index (κ3) is 4.65. The van der Waals surface area contributed by atoms with Gasteiger partial charge in [0, 0.05) is 30.2 Å². The van der Waals surface area contributed by atoms with Crippen molar-refractivity contribution in [3.8, 4) is 5.88 Å². The van der Waals surface area contributed by atoms with E-state index in [1.165, 1.54) is 31.4 Å².